The van der Waals surface area contributed by atoms with Gasteiger partial charge in [0.05, 0.1) is 0 Å². The van der Waals surface area contributed by atoms with Gasteiger partial charge in [0, 0.05) is 57.7 Å². The number of hydrogen-bond acceptors (Lipinski definition) is 4. The summed E-state index contributed by atoms with van der Waals surface area (Å²) in [7, 11) is 0. The number of halogens is 2. The fourth-order valence-corrected chi connectivity index (χ4v) is 9.31. The van der Waals surface area contributed by atoms with Gasteiger partial charge in [-0.2, -0.15) is 0 Å². The van der Waals surface area contributed by atoms with E-state index in [-0.39, 0.29) is 0 Å². The van der Waals surface area contributed by atoms with Crippen molar-refractivity contribution < 1.29 is 0 Å². The molecule has 0 aliphatic heterocycles. The summed E-state index contributed by atoms with van der Waals surface area (Å²) in [5.74, 6) is 0. The molecule has 2 aromatic carbocycles. The lowest BCUT2D eigenvalue weighted by molar-refractivity contribution is 1.65. The van der Waals surface area contributed by atoms with Crippen molar-refractivity contribution in [1.29, 1.82) is 0 Å². The van der Waals surface area contributed by atoms with Crippen LogP contribution >= 0.6 is 77.2 Å². The van der Waals surface area contributed by atoms with Crippen LogP contribution in [0.4, 0.5) is 0 Å². The molecule has 5 aromatic heterocycles. The normalized spacial score (nSPS) is 11.2. The smallest absolute Gasteiger partial charge is 0.0369 e. The van der Waals surface area contributed by atoms with Crippen LogP contribution in [0.3, 0.4) is 0 Å². The van der Waals surface area contributed by atoms with Gasteiger partial charge in [0.15, 0.2) is 0 Å². The Morgan fingerprint density at radius 3 is 0.825 bits per heavy atom. The quantitative estimate of drug-likeness (QED) is 0.167. The first-order valence-electron chi connectivity index (χ1n) is 12.6. The Labute approximate surface area is 265 Å². The second kappa shape index (κ2) is 11.4. The number of rotatable bonds is 2. The van der Waals surface area contributed by atoms with Gasteiger partial charge >= 0.3 is 0 Å². The van der Waals surface area contributed by atoms with Crippen LogP contribution < -0.4 is 0 Å². The van der Waals surface area contributed by atoms with Crippen LogP contribution in [0.25, 0.3) is 59.9 Å². The molecule has 0 radical (unpaired) electrons. The topological polar surface area (TPSA) is 0 Å². The third kappa shape index (κ3) is 5.49. The minimum absolute atomic E-state index is 1.09. The lowest BCUT2D eigenvalue weighted by atomic mass is 10.1. The van der Waals surface area contributed by atoms with Gasteiger partial charge in [0.2, 0.25) is 0 Å². The van der Waals surface area contributed by atoms with Crippen LogP contribution in [-0.2, 0) is 0 Å². The third-order valence-corrected chi connectivity index (χ3v) is 11.9. The summed E-state index contributed by atoms with van der Waals surface area (Å²) in [5.41, 5.74) is 5.03. The molecule has 0 aliphatic rings. The summed E-state index contributed by atoms with van der Waals surface area (Å²) >= 11 is 14.6. The van der Waals surface area contributed by atoms with Gasteiger partial charge < -0.3 is 0 Å². The number of thiophene rings is 4. The molecule has 40 heavy (non-hydrogen) atoms. The lowest BCUT2D eigenvalue weighted by Gasteiger charge is -2.02. The molecule has 6 heteroatoms. The summed E-state index contributed by atoms with van der Waals surface area (Å²) in [6.45, 7) is 0. The molecular weight excluding hydrogens is 696 g/mol. The number of hydrogen-bond donors (Lipinski definition) is 0. The summed E-state index contributed by atoms with van der Waals surface area (Å²) in [6, 6.07) is 44.3. The molecule has 0 spiro atoms. The van der Waals surface area contributed by atoms with Crippen molar-refractivity contribution in [3.05, 3.63) is 130 Å². The Morgan fingerprint density at radius 2 is 0.550 bits per heavy atom. The molecule has 7 aromatic rings. The van der Waals surface area contributed by atoms with E-state index in [0.717, 1.165) is 8.95 Å². The van der Waals surface area contributed by atoms with Crippen LogP contribution in [-0.4, -0.2) is 0 Å². The largest absolute Gasteiger partial charge is 0.136 e. The standard InChI is InChI=1S/C34H20Br2S4/c35-23-5-1-21(2-6-23)33-29-17-13-25(37-29)9-11-27-15-19-31(39-27)34(22-3-7-24(36)8-4-22)32-20-16-28(40-32)12-10-26-14-18-30(33)38-26/h1-20H. The minimum Gasteiger partial charge on any atom is -0.136 e. The highest BCUT2D eigenvalue weighted by atomic mass is 79.9. The summed E-state index contributed by atoms with van der Waals surface area (Å²) in [5, 5.41) is 0. The van der Waals surface area contributed by atoms with E-state index in [1.54, 1.807) is 0 Å². The zero-order valence-electron chi connectivity index (χ0n) is 20.9. The van der Waals surface area contributed by atoms with Gasteiger partial charge in [0.1, 0.15) is 0 Å². The fourth-order valence-electron chi connectivity index (χ4n) is 4.68. The number of benzene rings is 2. The average molecular weight is 717 g/mol. The van der Waals surface area contributed by atoms with Crippen LogP contribution in [0.1, 0.15) is 0 Å². The summed E-state index contributed by atoms with van der Waals surface area (Å²) in [6.07, 6.45) is 0. The highest BCUT2D eigenvalue weighted by Crippen LogP contribution is 2.39. The molecule has 0 saturated carbocycles. The van der Waals surface area contributed by atoms with Crippen LogP contribution in [0.15, 0.2) is 130 Å². The monoisotopic (exact) mass is 714 g/mol. The van der Waals surface area contributed by atoms with E-state index in [0.29, 0.717) is 0 Å². The Kier molecular flexibility index (Phi) is 7.48. The maximum atomic E-state index is 3.60. The highest BCUT2D eigenvalue weighted by molar-refractivity contribution is 9.10. The summed E-state index contributed by atoms with van der Waals surface area (Å²) < 4.78 is 12.3. The van der Waals surface area contributed by atoms with Gasteiger partial charge in [-0.15, -0.1) is 45.3 Å². The van der Waals surface area contributed by atoms with Gasteiger partial charge in [-0.1, -0.05) is 56.1 Å². The first-order valence-corrected chi connectivity index (χ1v) is 17.5. The van der Waals surface area contributed by atoms with E-state index >= 15 is 0 Å². The van der Waals surface area contributed by atoms with Crippen LogP contribution in [0.5, 0.6) is 0 Å². The van der Waals surface area contributed by atoms with E-state index in [9.17, 15) is 0 Å². The van der Waals surface area contributed by atoms with E-state index in [2.05, 4.69) is 153 Å². The first kappa shape index (κ1) is 26.3. The van der Waals surface area contributed by atoms with E-state index in [1.807, 2.05) is 45.3 Å². The second-order valence-corrected chi connectivity index (χ2v) is 15.5. The van der Waals surface area contributed by atoms with Crippen LogP contribution in [0.2, 0.25) is 0 Å². The zero-order valence-corrected chi connectivity index (χ0v) is 27.4. The van der Waals surface area contributed by atoms with Crippen LogP contribution in [0, 0.1) is 0 Å². The highest BCUT2D eigenvalue weighted by Gasteiger charge is 2.08. The molecule has 0 aliphatic carbocycles. The molecular formula is C34H20Br2S4. The van der Waals surface area contributed by atoms with Crippen molar-refractivity contribution in [2.45, 2.75) is 0 Å². The van der Waals surface area contributed by atoms with Gasteiger partial charge in [-0.25, -0.2) is 0 Å². The van der Waals surface area contributed by atoms with E-state index in [4.69, 9.17) is 0 Å². The van der Waals surface area contributed by atoms with Crippen molar-refractivity contribution in [3.8, 4) is 22.3 Å². The molecule has 5 heterocycles. The van der Waals surface area contributed by atoms with Crippen molar-refractivity contribution in [2.24, 2.45) is 0 Å². The minimum atomic E-state index is 1.09. The lowest BCUT2D eigenvalue weighted by Crippen LogP contribution is -1.75. The fraction of sp³-hybridized carbons (Fsp3) is 0. The Hall–Kier alpha value is -2.58. The van der Waals surface area contributed by atoms with Crippen molar-refractivity contribution >= 4 is 115 Å². The van der Waals surface area contributed by atoms with Crippen molar-refractivity contribution in [3.63, 3.8) is 0 Å². The Morgan fingerprint density at radius 1 is 0.300 bits per heavy atom. The Balaban J connectivity index is 1.53. The second-order valence-electron chi connectivity index (χ2n) is 9.24. The first-order chi connectivity index (χ1) is 19.6. The van der Waals surface area contributed by atoms with Gasteiger partial charge in [0.25, 0.3) is 0 Å². The van der Waals surface area contributed by atoms with Crippen molar-refractivity contribution in [2.75, 3.05) is 0 Å². The molecule has 0 nitrogen and oxygen atoms in total. The maximum absolute atomic E-state index is 3.60. The number of fused-ring (bicyclic) bond motifs is 8. The molecule has 0 N–H and O–H groups in total. The molecule has 194 valence electrons. The Bertz CT molecular complexity index is 1860. The third-order valence-electron chi connectivity index (χ3n) is 6.58. The molecule has 7 rings (SSSR count). The molecule has 0 fully saturated rings. The average Bonchev–Trinajstić information content (AvgIpc) is 3.77. The van der Waals surface area contributed by atoms with Crippen molar-refractivity contribution in [1.82, 2.24) is 0 Å². The molecule has 0 atom stereocenters. The van der Waals surface area contributed by atoms with E-state index in [1.165, 1.54) is 59.9 Å². The maximum Gasteiger partial charge on any atom is 0.0369 e. The molecule has 0 unspecified atom stereocenters. The zero-order chi connectivity index (χ0) is 27.1. The van der Waals surface area contributed by atoms with Gasteiger partial charge in [-0.3, -0.25) is 0 Å². The molecule has 0 saturated heterocycles. The predicted octanol–water partition coefficient (Wildman–Crippen LogP) is 13.7. The SMILES string of the molecule is Brc1ccc(-c2c3ccc(ccc4ccc(s4)c(-c4ccc(Br)cc4)c4ccc(ccc5ccc2s5)s4)s3)cc1. The molecule has 8 bridgehead atoms. The van der Waals surface area contributed by atoms with E-state index < -0.39 is 0 Å². The van der Waals surface area contributed by atoms with Gasteiger partial charge in [-0.05, 0) is 108 Å². The predicted molar refractivity (Wildman–Crippen MR) is 190 cm³/mol. The molecule has 0 amide bonds. The summed E-state index contributed by atoms with van der Waals surface area (Å²) in [4.78, 5) is 0.